The third-order valence-corrected chi connectivity index (χ3v) is 3.12. The van der Waals surface area contributed by atoms with E-state index in [-0.39, 0.29) is 12.0 Å². The first-order chi connectivity index (χ1) is 9.49. The number of hydrogen-bond donors (Lipinski definition) is 2. The summed E-state index contributed by atoms with van der Waals surface area (Å²) in [5.41, 5.74) is 7.75. The van der Waals surface area contributed by atoms with Crippen molar-refractivity contribution in [2.45, 2.75) is 26.8 Å². The molecule has 0 fully saturated rings. The SMILES string of the molecule is CCOCC(Nc1cc(C(=O)OC)ccc1N)C(C)C. The number of hydrogen-bond acceptors (Lipinski definition) is 5. The monoisotopic (exact) mass is 280 g/mol. The van der Waals surface area contributed by atoms with Gasteiger partial charge >= 0.3 is 5.97 Å². The molecule has 0 aliphatic carbocycles. The summed E-state index contributed by atoms with van der Waals surface area (Å²) in [5.74, 6) is 0.00156. The zero-order valence-corrected chi connectivity index (χ0v) is 12.6. The van der Waals surface area contributed by atoms with Crippen LogP contribution in [0.2, 0.25) is 0 Å². The Morgan fingerprint density at radius 3 is 2.65 bits per heavy atom. The molecule has 1 rings (SSSR count). The van der Waals surface area contributed by atoms with E-state index in [1.165, 1.54) is 7.11 Å². The minimum Gasteiger partial charge on any atom is -0.465 e. The van der Waals surface area contributed by atoms with E-state index in [0.717, 1.165) is 5.69 Å². The Morgan fingerprint density at radius 1 is 1.40 bits per heavy atom. The minimum atomic E-state index is -0.376. The van der Waals surface area contributed by atoms with Crippen LogP contribution in [-0.4, -0.2) is 32.3 Å². The summed E-state index contributed by atoms with van der Waals surface area (Å²) < 4.78 is 10.2. The van der Waals surface area contributed by atoms with Crippen LogP contribution in [0.1, 0.15) is 31.1 Å². The molecule has 0 radical (unpaired) electrons. The molecule has 1 atom stereocenters. The summed E-state index contributed by atoms with van der Waals surface area (Å²) in [4.78, 5) is 11.6. The molecule has 0 spiro atoms. The predicted molar refractivity (Wildman–Crippen MR) is 80.9 cm³/mol. The standard InChI is InChI=1S/C15H24N2O3/c1-5-20-9-14(10(2)3)17-13-8-11(15(18)19-4)6-7-12(13)16/h6-8,10,14,17H,5,9,16H2,1-4H3. The van der Waals surface area contributed by atoms with Gasteiger partial charge in [0, 0.05) is 6.61 Å². The molecule has 1 aromatic rings. The van der Waals surface area contributed by atoms with E-state index in [9.17, 15) is 4.79 Å². The summed E-state index contributed by atoms with van der Waals surface area (Å²) in [5, 5.41) is 3.34. The van der Waals surface area contributed by atoms with E-state index in [2.05, 4.69) is 19.2 Å². The minimum absolute atomic E-state index is 0.130. The Hall–Kier alpha value is -1.75. The second-order valence-corrected chi connectivity index (χ2v) is 4.95. The average Bonchev–Trinajstić information content (AvgIpc) is 2.44. The lowest BCUT2D eigenvalue weighted by molar-refractivity contribution is 0.0601. The van der Waals surface area contributed by atoms with Crippen LogP contribution >= 0.6 is 0 Å². The second-order valence-electron chi connectivity index (χ2n) is 4.95. The van der Waals surface area contributed by atoms with Gasteiger partial charge in [-0.1, -0.05) is 13.8 Å². The summed E-state index contributed by atoms with van der Waals surface area (Å²) in [6.07, 6.45) is 0. The van der Waals surface area contributed by atoms with Crippen LogP contribution in [0.5, 0.6) is 0 Å². The number of benzene rings is 1. The molecule has 20 heavy (non-hydrogen) atoms. The van der Waals surface area contributed by atoms with Crippen molar-refractivity contribution in [3.63, 3.8) is 0 Å². The topological polar surface area (TPSA) is 73.6 Å². The Bertz CT molecular complexity index is 447. The molecule has 0 heterocycles. The molecule has 0 bridgehead atoms. The van der Waals surface area contributed by atoms with Gasteiger partial charge in [0.15, 0.2) is 0 Å². The van der Waals surface area contributed by atoms with E-state index >= 15 is 0 Å². The lowest BCUT2D eigenvalue weighted by Crippen LogP contribution is -2.31. The van der Waals surface area contributed by atoms with E-state index < -0.39 is 0 Å². The zero-order chi connectivity index (χ0) is 15.1. The normalized spacial score (nSPS) is 12.2. The number of nitrogen functional groups attached to an aromatic ring is 1. The lowest BCUT2D eigenvalue weighted by Gasteiger charge is -2.24. The largest absolute Gasteiger partial charge is 0.465 e. The highest BCUT2D eigenvalue weighted by atomic mass is 16.5. The zero-order valence-electron chi connectivity index (χ0n) is 12.6. The fourth-order valence-electron chi connectivity index (χ4n) is 1.77. The summed E-state index contributed by atoms with van der Waals surface area (Å²) in [6, 6.07) is 5.19. The molecular weight excluding hydrogens is 256 g/mol. The second kappa shape index (κ2) is 7.75. The predicted octanol–water partition coefficient (Wildman–Crippen LogP) is 2.53. The van der Waals surface area contributed by atoms with E-state index in [1.54, 1.807) is 18.2 Å². The number of carbonyl (C=O) groups is 1. The smallest absolute Gasteiger partial charge is 0.337 e. The fraction of sp³-hybridized carbons (Fsp3) is 0.533. The molecule has 0 aliphatic heterocycles. The molecule has 0 saturated heterocycles. The van der Waals surface area contributed by atoms with Crippen LogP contribution in [0, 0.1) is 5.92 Å². The van der Waals surface area contributed by atoms with E-state index in [4.69, 9.17) is 15.2 Å². The highest BCUT2D eigenvalue weighted by Crippen LogP contribution is 2.23. The lowest BCUT2D eigenvalue weighted by atomic mass is 10.0. The number of anilines is 2. The summed E-state index contributed by atoms with van der Waals surface area (Å²) in [7, 11) is 1.36. The number of nitrogens with one attached hydrogen (secondary N) is 1. The van der Waals surface area contributed by atoms with Crippen LogP contribution in [0.3, 0.4) is 0 Å². The molecule has 1 unspecified atom stereocenters. The molecule has 3 N–H and O–H groups in total. The van der Waals surface area contributed by atoms with Gasteiger partial charge < -0.3 is 20.5 Å². The molecule has 0 amide bonds. The van der Waals surface area contributed by atoms with Crippen molar-refractivity contribution in [1.29, 1.82) is 0 Å². The summed E-state index contributed by atoms with van der Waals surface area (Å²) >= 11 is 0. The number of methoxy groups -OCH3 is 1. The molecule has 0 aliphatic rings. The molecular formula is C15H24N2O3. The molecule has 1 aromatic carbocycles. The Labute approximate surface area is 120 Å². The number of esters is 1. The van der Waals surface area contributed by atoms with E-state index in [1.807, 2.05) is 6.92 Å². The highest BCUT2D eigenvalue weighted by molar-refractivity contribution is 5.92. The first kappa shape index (κ1) is 16.3. The number of ether oxygens (including phenoxy) is 2. The van der Waals surface area contributed by atoms with Crippen molar-refractivity contribution in [2.75, 3.05) is 31.4 Å². The molecule has 0 saturated carbocycles. The van der Waals surface area contributed by atoms with Gasteiger partial charge in [0.05, 0.1) is 36.7 Å². The number of carbonyl (C=O) groups excluding carboxylic acids is 1. The molecule has 5 heteroatoms. The summed E-state index contributed by atoms with van der Waals surface area (Å²) in [6.45, 7) is 7.44. The average molecular weight is 280 g/mol. The van der Waals surface area contributed by atoms with Gasteiger partial charge in [-0.25, -0.2) is 4.79 Å². The van der Waals surface area contributed by atoms with Gasteiger partial charge in [0.25, 0.3) is 0 Å². The van der Waals surface area contributed by atoms with Gasteiger partial charge in [-0.05, 0) is 31.0 Å². The third kappa shape index (κ3) is 4.42. The molecule has 0 aromatic heterocycles. The quantitative estimate of drug-likeness (QED) is 0.593. The van der Waals surface area contributed by atoms with Crippen molar-refractivity contribution in [2.24, 2.45) is 5.92 Å². The van der Waals surface area contributed by atoms with E-state index in [0.29, 0.717) is 30.4 Å². The maximum absolute atomic E-state index is 11.6. The Morgan fingerprint density at radius 2 is 2.10 bits per heavy atom. The van der Waals surface area contributed by atoms with Crippen LogP contribution in [0.15, 0.2) is 18.2 Å². The molecule has 5 nitrogen and oxygen atoms in total. The highest BCUT2D eigenvalue weighted by Gasteiger charge is 2.16. The van der Waals surface area contributed by atoms with Crippen LogP contribution in [-0.2, 0) is 9.47 Å². The van der Waals surface area contributed by atoms with Gasteiger partial charge in [-0.15, -0.1) is 0 Å². The van der Waals surface area contributed by atoms with Crippen molar-refractivity contribution >= 4 is 17.3 Å². The Kier molecular flexibility index (Phi) is 6.31. The Balaban J connectivity index is 2.90. The number of nitrogens with two attached hydrogens (primary N) is 1. The first-order valence-corrected chi connectivity index (χ1v) is 6.81. The van der Waals surface area contributed by atoms with Gasteiger partial charge in [-0.3, -0.25) is 0 Å². The maximum atomic E-state index is 11.6. The van der Waals surface area contributed by atoms with Crippen LogP contribution in [0.4, 0.5) is 11.4 Å². The van der Waals surface area contributed by atoms with Gasteiger partial charge in [0.2, 0.25) is 0 Å². The van der Waals surface area contributed by atoms with Gasteiger partial charge in [-0.2, -0.15) is 0 Å². The first-order valence-electron chi connectivity index (χ1n) is 6.81. The van der Waals surface area contributed by atoms with Crippen molar-refractivity contribution < 1.29 is 14.3 Å². The van der Waals surface area contributed by atoms with Crippen LogP contribution < -0.4 is 11.1 Å². The van der Waals surface area contributed by atoms with Gasteiger partial charge in [0.1, 0.15) is 0 Å². The van der Waals surface area contributed by atoms with Crippen molar-refractivity contribution in [3.05, 3.63) is 23.8 Å². The maximum Gasteiger partial charge on any atom is 0.337 e. The van der Waals surface area contributed by atoms with Crippen LogP contribution in [0.25, 0.3) is 0 Å². The molecule has 112 valence electrons. The number of rotatable bonds is 7. The van der Waals surface area contributed by atoms with Crippen molar-refractivity contribution in [3.8, 4) is 0 Å². The van der Waals surface area contributed by atoms with Crippen molar-refractivity contribution in [1.82, 2.24) is 0 Å². The fourth-order valence-corrected chi connectivity index (χ4v) is 1.77. The third-order valence-electron chi connectivity index (χ3n) is 3.12.